The molecule has 112 valence electrons. The predicted molar refractivity (Wildman–Crippen MR) is 81.8 cm³/mol. The summed E-state index contributed by atoms with van der Waals surface area (Å²) in [6.45, 7) is 0. The lowest BCUT2D eigenvalue weighted by Gasteiger charge is -2.17. The van der Waals surface area contributed by atoms with Crippen LogP contribution in [0.4, 0.5) is 0 Å². The minimum absolute atomic E-state index is 0.172. The molecule has 0 aromatic carbocycles. The first-order chi connectivity index (χ1) is 10.2. The first-order valence-electron chi connectivity index (χ1n) is 7.51. The summed E-state index contributed by atoms with van der Waals surface area (Å²) in [5.41, 5.74) is 0.926. The van der Waals surface area contributed by atoms with E-state index >= 15 is 0 Å². The Morgan fingerprint density at radius 3 is 2.62 bits per heavy atom. The lowest BCUT2D eigenvalue weighted by atomic mass is 9.92. The highest BCUT2D eigenvalue weighted by Crippen LogP contribution is 2.34. The molecule has 1 aliphatic carbocycles. The maximum absolute atomic E-state index is 10.9. The fourth-order valence-electron chi connectivity index (χ4n) is 2.87. The summed E-state index contributed by atoms with van der Waals surface area (Å²) >= 11 is 1.67. The molecule has 0 spiro atoms. The minimum atomic E-state index is -0.972. The fraction of sp³-hybridized carbons (Fsp3) is 0.500. The molecular weight excluding hydrogens is 286 g/mol. The van der Waals surface area contributed by atoms with Crippen LogP contribution >= 0.6 is 11.3 Å². The Labute approximate surface area is 127 Å². The molecule has 5 heteroatoms. The summed E-state index contributed by atoms with van der Waals surface area (Å²) in [7, 11) is 0. The molecule has 1 N–H and O–H groups in total. The number of aromatic nitrogens is 1. The SMILES string of the molecule is O=C(O)c1coc(-c2csc(C3CCCCCCC3)n2)c1. The van der Waals surface area contributed by atoms with Crippen LogP contribution in [0.15, 0.2) is 22.1 Å². The number of rotatable bonds is 3. The molecule has 1 saturated carbocycles. The van der Waals surface area contributed by atoms with E-state index in [9.17, 15) is 4.79 Å². The van der Waals surface area contributed by atoms with Gasteiger partial charge in [-0.25, -0.2) is 9.78 Å². The lowest BCUT2D eigenvalue weighted by molar-refractivity contribution is 0.0696. The second-order valence-corrected chi connectivity index (χ2v) is 6.51. The van der Waals surface area contributed by atoms with Crippen LogP contribution < -0.4 is 0 Å². The van der Waals surface area contributed by atoms with Crippen molar-refractivity contribution in [3.8, 4) is 11.5 Å². The van der Waals surface area contributed by atoms with E-state index in [2.05, 4.69) is 4.98 Å². The van der Waals surface area contributed by atoms with Crippen LogP contribution in [0.25, 0.3) is 11.5 Å². The van der Waals surface area contributed by atoms with E-state index in [0.29, 0.717) is 11.7 Å². The number of furan rings is 1. The zero-order valence-corrected chi connectivity index (χ0v) is 12.7. The van der Waals surface area contributed by atoms with E-state index in [1.807, 2.05) is 5.38 Å². The highest BCUT2D eigenvalue weighted by atomic mass is 32.1. The molecule has 1 fully saturated rings. The second-order valence-electron chi connectivity index (χ2n) is 5.62. The topological polar surface area (TPSA) is 63.3 Å². The van der Waals surface area contributed by atoms with Gasteiger partial charge in [0.25, 0.3) is 0 Å². The van der Waals surface area contributed by atoms with E-state index in [4.69, 9.17) is 9.52 Å². The van der Waals surface area contributed by atoms with Crippen molar-refractivity contribution in [2.75, 3.05) is 0 Å². The first-order valence-corrected chi connectivity index (χ1v) is 8.39. The molecule has 21 heavy (non-hydrogen) atoms. The number of thiazole rings is 1. The van der Waals surface area contributed by atoms with Gasteiger partial charge in [0.15, 0.2) is 5.76 Å². The van der Waals surface area contributed by atoms with E-state index in [1.165, 1.54) is 56.2 Å². The molecule has 2 aromatic rings. The normalized spacial score (nSPS) is 17.3. The van der Waals surface area contributed by atoms with Crippen molar-refractivity contribution in [2.45, 2.75) is 50.9 Å². The van der Waals surface area contributed by atoms with Crippen LogP contribution in [0.5, 0.6) is 0 Å². The Bertz CT molecular complexity index is 609. The van der Waals surface area contributed by atoms with Crippen LogP contribution in [0.2, 0.25) is 0 Å². The molecule has 0 unspecified atom stereocenters. The van der Waals surface area contributed by atoms with Crippen LogP contribution in [0, 0.1) is 0 Å². The molecule has 4 nitrogen and oxygen atoms in total. The Morgan fingerprint density at radius 2 is 1.95 bits per heavy atom. The standard InChI is InChI=1S/C16H19NO3S/c18-16(19)12-8-14(20-9-12)13-10-21-15(17-13)11-6-4-2-1-3-5-7-11/h8-11H,1-7H2,(H,18,19). The van der Waals surface area contributed by atoms with Crippen LogP contribution in [0.3, 0.4) is 0 Å². The molecule has 0 atom stereocenters. The number of carbonyl (C=O) groups is 1. The maximum atomic E-state index is 10.9. The third-order valence-electron chi connectivity index (χ3n) is 4.08. The number of hydrogen-bond acceptors (Lipinski definition) is 4. The first kappa shape index (κ1) is 14.3. The lowest BCUT2D eigenvalue weighted by Crippen LogP contribution is -2.01. The van der Waals surface area contributed by atoms with Gasteiger partial charge in [-0.3, -0.25) is 0 Å². The number of hydrogen-bond donors (Lipinski definition) is 1. The number of aromatic carboxylic acids is 1. The average molecular weight is 305 g/mol. The Balaban J connectivity index is 1.76. The van der Waals surface area contributed by atoms with Crippen LogP contribution in [0.1, 0.15) is 66.2 Å². The average Bonchev–Trinajstić information content (AvgIpc) is 3.07. The molecule has 0 bridgehead atoms. The molecule has 0 radical (unpaired) electrons. The van der Waals surface area contributed by atoms with Gasteiger partial charge >= 0.3 is 5.97 Å². The van der Waals surface area contributed by atoms with E-state index < -0.39 is 5.97 Å². The zero-order valence-electron chi connectivity index (χ0n) is 11.9. The summed E-state index contributed by atoms with van der Waals surface area (Å²) in [4.78, 5) is 15.6. The van der Waals surface area contributed by atoms with Gasteiger partial charge in [-0.2, -0.15) is 0 Å². The number of carboxylic acids is 1. The quantitative estimate of drug-likeness (QED) is 0.873. The van der Waals surface area contributed by atoms with Crippen molar-refractivity contribution in [2.24, 2.45) is 0 Å². The summed E-state index contributed by atoms with van der Waals surface area (Å²) in [5.74, 6) is 0.124. The summed E-state index contributed by atoms with van der Waals surface area (Å²) < 4.78 is 5.32. The molecular formula is C16H19NO3S. The highest BCUT2D eigenvalue weighted by Gasteiger charge is 2.19. The van der Waals surface area contributed by atoms with Gasteiger partial charge in [0.2, 0.25) is 0 Å². The molecule has 1 aliphatic rings. The molecule has 2 heterocycles. The monoisotopic (exact) mass is 305 g/mol. The van der Waals surface area contributed by atoms with E-state index in [0.717, 1.165) is 5.69 Å². The Morgan fingerprint density at radius 1 is 1.24 bits per heavy atom. The smallest absolute Gasteiger partial charge is 0.338 e. The molecule has 2 aromatic heterocycles. The third kappa shape index (κ3) is 3.35. The van der Waals surface area contributed by atoms with E-state index in [1.54, 1.807) is 17.4 Å². The molecule has 0 saturated heterocycles. The Hall–Kier alpha value is -1.62. The van der Waals surface area contributed by atoms with Crippen LogP contribution in [-0.4, -0.2) is 16.1 Å². The summed E-state index contributed by atoms with van der Waals surface area (Å²) in [5, 5.41) is 12.1. The van der Waals surface area contributed by atoms with Gasteiger partial charge in [-0.1, -0.05) is 32.1 Å². The van der Waals surface area contributed by atoms with Crippen molar-refractivity contribution in [1.29, 1.82) is 0 Å². The van der Waals surface area contributed by atoms with Gasteiger partial charge in [0, 0.05) is 17.4 Å². The van der Waals surface area contributed by atoms with Crippen LogP contribution in [-0.2, 0) is 0 Å². The highest BCUT2D eigenvalue weighted by molar-refractivity contribution is 7.10. The van der Waals surface area contributed by atoms with E-state index in [-0.39, 0.29) is 5.56 Å². The maximum Gasteiger partial charge on any atom is 0.338 e. The van der Waals surface area contributed by atoms with Crippen molar-refractivity contribution >= 4 is 17.3 Å². The summed E-state index contributed by atoms with van der Waals surface area (Å²) in [6.07, 6.45) is 10.3. The minimum Gasteiger partial charge on any atom is -0.478 e. The molecule has 0 aliphatic heterocycles. The van der Waals surface area contributed by atoms with Crippen molar-refractivity contribution in [1.82, 2.24) is 4.98 Å². The van der Waals surface area contributed by atoms with Crippen molar-refractivity contribution < 1.29 is 14.3 Å². The van der Waals surface area contributed by atoms with Crippen molar-refractivity contribution in [3.05, 3.63) is 28.3 Å². The largest absolute Gasteiger partial charge is 0.478 e. The fourth-order valence-corrected chi connectivity index (χ4v) is 3.85. The number of carboxylic acid groups (broad SMARTS) is 1. The van der Waals surface area contributed by atoms with Gasteiger partial charge in [-0.05, 0) is 12.8 Å². The number of nitrogens with zero attached hydrogens (tertiary/aromatic N) is 1. The van der Waals surface area contributed by atoms with Gasteiger partial charge < -0.3 is 9.52 Å². The zero-order chi connectivity index (χ0) is 14.7. The van der Waals surface area contributed by atoms with Gasteiger partial charge in [0.1, 0.15) is 12.0 Å². The Kier molecular flexibility index (Phi) is 4.39. The second kappa shape index (κ2) is 6.43. The molecule has 3 rings (SSSR count). The van der Waals surface area contributed by atoms with Gasteiger partial charge in [-0.15, -0.1) is 11.3 Å². The predicted octanol–water partition coefficient (Wildman–Crippen LogP) is 4.93. The van der Waals surface area contributed by atoms with Gasteiger partial charge in [0.05, 0.1) is 10.6 Å². The summed E-state index contributed by atoms with van der Waals surface area (Å²) in [6, 6.07) is 1.54. The third-order valence-corrected chi connectivity index (χ3v) is 5.08. The molecule has 0 amide bonds. The van der Waals surface area contributed by atoms with Crippen molar-refractivity contribution in [3.63, 3.8) is 0 Å².